The molecule has 2 aliphatic rings. The lowest BCUT2D eigenvalue weighted by Gasteiger charge is -2.30. The zero-order chi connectivity index (χ0) is 29.3. The van der Waals surface area contributed by atoms with Crippen LogP contribution in [-0.4, -0.2) is 81.4 Å². The molecule has 3 N–H and O–H groups in total. The highest BCUT2D eigenvalue weighted by atomic mass is 19.4. The van der Waals surface area contributed by atoms with E-state index in [2.05, 4.69) is 19.7 Å². The van der Waals surface area contributed by atoms with Crippen molar-refractivity contribution < 1.29 is 41.9 Å². The average molecular weight is 583 g/mol. The summed E-state index contributed by atoms with van der Waals surface area (Å²) in [7, 11) is 0. The van der Waals surface area contributed by atoms with Gasteiger partial charge in [-0.3, -0.25) is 9.69 Å². The average Bonchev–Trinajstić information content (AvgIpc) is 3.36. The van der Waals surface area contributed by atoms with E-state index in [1.807, 2.05) is 12.1 Å². The standard InChI is InChI=1S/C26H27F5N6O4/c27-21(28)14-35-9-4-16(5-10-35)23-33-22-18(3-8-32-24(22)34-23)15-6-11-36(12-7-15)25(38)19-2-1-17(41-26(29,30)31)13-20(19)37(39)40/h1-3,6,8,13,16,21,37,39H,4-5,7,9-12,14H2,(H,32,33,34). The summed E-state index contributed by atoms with van der Waals surface area (Å²) in [6, 6.07) is 4.44. The quantitative estimate of drug-likeness (QED) is 0.287. The molecule has 1 amide bonds. The first kappa shape index (κ1) is 28.9. The number of quaternary nitrogens is 1. The molecule has 1 aromatic carbocycles. The number of hydrogen-bond acceptors (Lipinski definition) is 7. The second-order valence-corrected chi connectivity index (χ2v) is 9.94. The largest absolute Gasteiger partial charge is 0.595 e. The maximum atomic E-state index is 13.1. The minimum absolute atomic E-state index is 0.0933. The number of piperidine rings is 1. The number of aromatic nitrogens is 3. The third-order valence-electron chi connectivity index (χ3n) is 7.31. The van der Waals surface area contributed by atoms with E-state index in [4.69, 9.17) is 0 Å². The van der Waals surface area contributed by atoms with Crippen molar-refractivity contribution in [1.82, 2.24) is 24.8 Å². The number of fused-ring (bicyclic) bond motifs is 1. The van der Waals surface area contributed by atoms with Crippen molar-refractivity contribution in [1.29, 1.82) is 0 Å². The van der Waals surface area contributed by atoms with Crippen LogP contribution in [0.25, 0.3) is 16.7 Å². The molecule has 41 heavy (non-hydrogen) atoms. The number of alkyl halides is 5. The molecule has 220 valence electrons. The van der Waals surface area contributed by atoms with Crippen LogP contribution >= 0.6 is 0 Å². The number of likely N-dealkylation sites (tertiary alicyclic amines) is 1. The predicted molar refractivity (Wildman–Crippen MR) is 136 cm³/mol. The summed E-state index contributed by atoms with van der Waals surface area (Å²) in [5.74, 6) is -0.510. The number of pyridine rings is 1. The van der Waals surface area contributed by atoms with Crippen LogP contribution in [0.3, 0.4) is 0 Å². The predicted octanol–water partition coefficient (Wildman–Crippen LogP) is 3.63. The Morgan fingerprint density at radius 1 is 1.22 bits per heavy atom. The Labute approximate surface area is 230 Å². The zero-order valence-electron chi connectivity index (χ0n) is 21.6. The number of H-pyrrole nitrogens is 1. The van der Waals surface area contributed by atoms with Gasteiger partial charge in [-0.2, -0.15) is 5.23 Å². The molecule has 0 aliphatic carbocycles. The Balaban J connectivity index is 1.31. The van der Waals surface area contributed by atoms with Gasteiger partial charge in [-0.1, -0.05) is 6.08 Å². The smallest absolute Gasteiger partial charge is 0.573 e. The Bertz CT molecular complexity index is 1440. The van der Waals surface area contributed by atoms with Gasteiger partial charge >= 0.3 is 6.36 Å². The van der Waals surface area contributed by atoms with E-state index in [-0.39, 0.29) is 31.1 Å². The van der Waals surface area contributed by atoms with Gasteiger partial charge in [0.05, 0.1) is 12.1 Å². The van der Waals surface area contributed by atoms with Crippen molar-refractivity contribution in [3.8, 4) is 5.75 Å². The third kappa shape index (κ3) is 6.64. The van der Waals surface area contributed by atoms with E-state index in [1.54, 1.807) is 11.1 Å². The van der Waals surface area contributed by atoms with Crippen molar-refractivity contribution in [2.75, 3.05) is 32.7 Å². The molecule has 4 heterocycles. The number of hydrogen-bond donors (Lipinski definition) is 3. The van der Waals surface area contributed by atoms with Gasteiger partial charge in [0.1, 0.15) is 17.1 Å². The number of carbonyl (C=O) groups excluding carboxylic acids is 1. The lowest BCUT2D eigenvalue weighted by atomic mass is 9.96. The Morgan fingerprint density at radius 2 is 1.98 bits per heavy atom. The maximum Gasteiger partial charge on any atom is 0.573 e. The lowest BCUT2D eigenvalue weighted by molar-refractivity contribution is -0.991. The van der Waals surface area contributed by atoms with Gasteiger partial charge in [0, 0.05) is 36.8 Å². The highest BCUT2D eigenvalue weighted by Crippen LogP contribution is 2.33. The number of ether oxygens (including phenoxy) is 1. The summed E-state index contributed by atoms with van der Waals surface area (Å²) in [6.07, 6.45) is -2.07. The molecule has 0 radical (unpaired) electrons. The molecule has 0 bridgehead atoms. The van der Waals surface area contributed by atoms with Gasteiger partial charge in [-0.05, 0) is 56.1 Å². The van der Waals surface area contributed by atoms with Gasteiger partial charge < -0.3 is 19.8 Å². The molecule has 1 unspecified atom stereocenters. The number of nitrogens with zero attached hydrogens (tertiary/aromatic N) is 4. The van der Waals surface area contributed by atoms with Crippen molar-refractivity contribution in [2.45, 2.75) is 38.0 Å². The molecule has 5 rings (SSSR count). The van der Waals surface area contributed by atoms with E-state index >= 15 is 0 Å². The van der Waals surface area contributed by atoms with Gasteiger partial charge in [-0.25, -0.2) is 24.0 Å². The van der Waals surface area contributed by atoms with E-state index in [9.17, 15) is 37.2 Å². The van der Waals surface area contributed by atoms with Crippen LogP contribution < -0.4 is 9.96 Å². The molecule has 0 spiro atoms. The number of amides is 1. The Hall–Kier alpha value is -3.66. The van der Waals surface area contributed by atoms with Crippen LogP contribution in [-0.2, 0) is 0 Å². The molecule has 2 aliphatic heterocycles. The fraction of sp³-hybridized carbons (Fsp3) is 0.423. The molecule has 1 atom stereocenters. The monoisotopic (exact) mass is 582 g/mol. The summed E-state index contributed by atoms with van der Waals surface area (Å²) in [5, 5.41) is 19.6. The molecule has 2 aromatic heterocycles. The van der Waals surface area contributed by atoms with E-state index in [0.29, 0.717) is 44.1 Å². The highest BCUT2D eigenvalue weighted by molar-refractivity contribution is 5.99. The van der Waals surface area contributed by atoms with Crippen LogP contribution in [0.2, 0.25) is 0 Å². The molecular formula is C26H27F5N6O4. The summed E-state index contributed by atoms with van der Waals surface area (Å²) >= 11 is 0. The van der Waals surface area contributed by atoms with Gasteiger partial charge in [0.15, 0.2) is 11.3 Å². The van der Waals surface area contributed by atoms with Crippen LogP contribution in [0.4, 0.5) is 27.6 Å². The SMILES string of the molecule is O=C(c1ccc(OC(F)(F)F)cc1[NH+]([O-])O)N1CC=C(c2ccnc3nc(C4CCN(CC(F)F)CC4)[nH]c23)CC1. The fourth-order valence-electron chi connectivity index (χ4n) is 5.33. The molecule has 15 heteroatoms. The molecular weight excluding hydrogens is 555 g/mol. The number of carbonyl (C=O) groups is 1. The first-order valence-electron chi connectivity index (χ1n) is 13.0. The second-order valence-electron chi connectivity index (χ2n) is 9.94. The first-order valence-corrected chi connectivity index (χ1v) is 13.0. The number of rotatable bonds is 7. The van der Waals surface area contributed by atoms with E-state index < -0.39 is 35.4 Å². The summed E-state index contributed by atoms with van der Waals surface area (Å²) in [5.41, 5.74) is 2.21. The maximum absolute atomic E-state index is 13.1. The first-order chi connectivity index (χ1) is 19.5. The Kier molecular flexibility index (Phi) is 8.22. The number of nitrogens with one attached hydrogen (secondary N) is 2. The molecule has 3 aromatic rings. The number of benzene rings is 1. The fourth-order valence-corrected chi connectivity index (χ4v) is 5.33. The number of imidazole rings is 1. The Morgan fingerprint density at radius 3 is 2.61 bits per heavy atom. The molecule has 1 fully saturated rings. The van der Waals surface area contributed by atoms with E-state index in [0.717, 1.165) is 34.6 Å². The minimum atomic E-state index is -5.00. The van der Waals surface area contributed by atoms with Crippen LogP contribution in [0.15, 0.2) is 36.5 Å². The van der Waals surface area contributed by atoms with Crippen LogP contribution in [0, 0.1) is 5.21 Å². The lowest BCUT2D eigenvalue weighted by Crippen LogP contribution is -2.99. The van der Waals surface area contributed by atoms with Gasteiger partial charge in [-0.15, -0.1) is 13.2 Å². The third-order valence-corrected chi connectivity index (χ3v) is 7.31. The molecule has 1 saturated heterocycles. The zero-order valence-corrected chi connectivity index (χ0v) is 21.6. The van der Waals surface area contributed by atoms with Crippen molar-refractivity contribution in [3.63, 3.8) is 0 Å². The van der Waals surface area contributed by atoms with Gasteiger partial charge in [0.25, 0.3) is 12.3 Å². The highest BCUT2D eigenvalue weighted by Gasteiger charge is 2.33. The van der Waals surface area contributed by atoms with Crippen molar-refractivity contribution >= 4 is 28.3 Å². The van der Waals surface area contributed by atoms with Crippen molar-refractivity contribution in [2.24, 2.45) is 0 Å². The summed E-state index contributed by atoms with van der Waals surface area (Å²) in [6.45, 7) is 1.28. The number of aromatic amines is 1. The second kappa shape index (κ2) is 11.7. The molecule has 0 saturated carbocycles. The topological polar surface area (TPSA) is 122 Å². The van der Waals surface area contributed by atoms with Gasteiger partial charge in [0.2, 0.25) is 0 Å². The van der Waals surface area contributed by atoms with Crippen molar-refractivity contribution in [3.05, 3.63) is 58.7 Å². The van der Waals surface area contributed by atoms with Crippen LogP contribution in [0.5, 0.6) is 5.75 Å². The summed E-state index contributed by atoms with van der Waals surface area (Å²) in [4.78, 5) is 28.7. The van der Waals surface area contributed by atoms with E-state index in [1.165, 1.54) is 4.90 Å². The number of halogens is 5. The minimum Gasteiger partial charge on any atom is -0.595 e. The molecule has 10 nitrogen and oxygen atoms in total. The van der Waals surface area contributed by atoms with Crippen LogP contribution in [0.1, 0.15) is 46.9 Å². The normalized spacial score (nSPS) is 18.1. The summed E-state index contributed by atoms with van der Waals surface area (Å²) < 4.78 is 66.9.